The molecule has 2 aromatic rings. The minimum atomic E-state index is -4.47. The highest BCUT2D eigenvalue weighted by Gasteiger charge is 2.49. The maximum Gasteiger partial charge on any atom is 0.416 e. The first-order chi connectivity index (χ1) is 12.3. The van der Waals surface area contributed by atoms with Gasteiger partial charge in [0.15, 0.2) is 0 Å². The fourth-order valence-electron chi connectivity index (χ4n) is 3.04. The van der Waals surface area contributed by atoms with E-state index < -0.39 is 23.3 Å². The molecule has 1 amide bonds. The lowest BCUT2D eigenvalue weighted by Crippen LogP contribution is -2.36. The van der Waals surface area contributed by atoms with Gasteiger partial charge in [0.1, 0.15) is 0 Å². The van der Waals surface area contributed by atoms with Gasteiger partial charge in [-0.15, -0.1) is 0 Å². The summed E-state index contributed by atoms with van der Waals surface area (Å²) in [6, 6.07) is 14.2. The van der Waals surface area contributed by atoms with E-state index in [2.05, 4.69) is 5.32 Å². The van der Waals surface area contributed by atoms with Crippen molar-refractivity contribution in [3.63, 3.8) is 0 Å². The van der Waals surface area contributed by atoms with Gasteiger partial charge in [-0.3, -0.25) is 4.79 Å². The third-order valence-corrected chi connectivity index (χ3v) is 4.78. The highest BCUT2D eigenvalue weighted by Crippen LogP contribution is 2.48. The monoisotopic (exact) mass is 363 g/mol. The van der Waals surface area contributed by atoms with Gasteiger partial charge in [0.05, 0.1) is 17.1 Å². The van der Waals surface area contributed by atoms with Gasteiger partial charge in [0, 0.05) is 6.54 Å². The van der Waals surface area contributed by atoms with Gasteiger partial charge in [0.25, 0.3) is 0 Å². The zero-order valence-electron chi connectivity index (χ0n) is 14.1. The van der Waals surface area contributed by atoms with Crippen molar-refractivity contribution < 1.29 is 23.1 Å². The molecule has 1 fully saturated rings. The summed E-state index contributed by atoms with van der Waals surface area (Å²) in [5.74, 6) is -0.160. The van der Waals surface area contributed by atoms with Crippen LogP contribution in [-0.2, 0) is 17.4 Å². The summed E-state index contributed by atoms with van der Waals surface area (Å²) in [4.78, 5) is 12.5. The summed E-state index contributed by atoms with van der Waals surface area (Å²) in [6.07, 6.45) is -3.49. The van der Waals surface area contributed by atoms with E-state index in [0.29, 0.717) is 6.42 Å². The number of hydrogen-bond acceptors (Lipinski definition) is 2. The molecule has 2 aromatic carbocycles. The lowest BCUT2D eigenvalue weighted by atomic mass is 9.95. The normalized spacial score (nSPS) is 16.8. The van der Waals surface area contributed by atoms with E-state index in [-0.39, 0.29) is 18.0 Å². The van der Waals surface area contributed by atoms with Crippen LogP contribution in [0.15, 0.2) is 54.6 Å². The molecule has 26 heavy (non-hydrogen) atoms. The Bertz CT molecular complexity index is 770. The first kappa shape index (κ1) is 18.5. The molecule has 1 saturated carbocycles. The van der Waals surface area contributed by atoms with Gasteiger partial charge in [-0.25, -0.2) is 0 Å². The smallest absolute Gasteiger partial charge is 0.387 e. The number of nitrogens with one attached hydrogen (secondary N) is 1. The number of carbonyl (C=O) groups excluding carboxylic acids is 1. The Morgan fingerprint density at radius 1 is 1.12 bits per heavy atom. The average Bonchev–Trinajstić information content (AvgIpc) is 3.40. The topological polar surface area (TPSA) is 49.3 Å². The fourth-order valence-corrected chi connectivity index (χ4v) is 3.04. The molecule has 1 aliphatic rings. The Kier molecular flexibility index (Phi) is 5.05. The van der Waals surface area contributed by atoms with Crippen LogP contribution >= 0.6 is 0 Å². The first-order valence-corrected chi connectivity index (χ1v) is 8.48. The number of aliphatic hydroxyl groups is 1. The fraction of sp³-hybridized carbons (Fsp3) is 0.350. The molecular formula is C20H20F3NO2. The summed E-state index contributed by atoms with van der Waals surface area (Å²) < 4.78 is 38.3. The van der Waals surface area contributed by atoms with Crippen LogP contribution in [0.2, 0.25) is 0 Å². The molecule has 138 valence electrons. The zero-order chi connectivity index (χ0) is 18.8. The quantitative estimate of drug-likeness (QED) is 0.818. The van der Waals surface area contributed by atoms with Gasteiger partial charge in [-0.2, -0.15) is 13.2 Å². The number of aliphatic hydroxyl groups excluding tert-OH is 1. The number of rotatable bonds is 6. The molecule has 6 heteroatoms. The highest BCUT2D eigenvalue weighted by molar-refractivity contribution is 5.85. The Balaban J connectivity index is 1.59. The molecule has 0 radical (unpaired) electrons. The lowest BCUT2D eigenvalue weighted by Gasteiger charge is -2.18. The second kappa shape index (κ2) is 7.11. The van der Waals surface area contributed by atoms with Crippen molar-refractivity contribution in [3.05, 3.63) is 71.3 Å². The standard InChI is InChI=1S/C20H20F3NO2/c21-20(22,23)16-8-4-7-15(11-16)17(25)13-24-18(26)19(9-10-19)12-14-5-2-1-3-6-14/h1-8,11,17,25H,9-10,12-13H2,(H,24,26). The van der Waals surface area contributed by atoms with Crippen molar-refractivity contribution in [2.45, 2.75) is 31.5 Å². The van der Waals surface area contributed by atoms with E-state index >= 15 is 0 Å². The van der Waals surface area contributed by atoms with Crippen molar-refractivity contribution in [2.75, 3.05) is 6.54 Å². The summed E-state index contributed by atoms with van der Waals surface area (Å²) in [5, 5.41) is 12.8. The zero-order valence-corrected chi connectivity index (χ0v) is 14.1. The average molecular weight is 363 g/mol. The molecule has 1 atom stereocenters. The van der Waals surface area contributed by atoms with Crippen LogP contribution in [0.5, 0.6) is 0 Å². The highest BCUT2D eigenvalue weighted by atomic mass is 19.4. The summed E-state index contributed by atoms with van der Waals surface area (Å²) in [5.41, 5.74) is -0.0794. The number of benzene rings is 2. The molecular weight excluding hydrogens is 343 g/mol. The Morgan fingerprint density at radius 2 is 1.81 bits per heavy atom. The second-order valence-corrected chi connectivity index (χ2v) is 6.79. The first-order valence-electron chi connectivity index (χ1n) is 8.48. The van der Waals surface area contributed by atoms with Crippen LogP contribution in [0, 0.1) is 5.41 Å². The Labute approximate surface area is 149 Å². The van der Waals surface area contributed by atoms with Crippen molar-refractivity contribution in [1.82, 2.24) is 5.32 Å². The van der Waals surface area contributed by atoms with Gasteiger partial charge >= 0.3 is 6.18 Å². The van der Waals surface area contributed by atoms with Crippen LogP contribution < -0.4 is 5.32 Å². The van der Waals surface area contributed by atoms with E-state index in [4.69, 9.17) is 0 Å². The predicted molar refractivity (Wildman–Crippen MR) is 91.2 cm³/mol. The van der Waals surface area contributed by atoms with E-state index in [1.54, 1.807) is 0 Å². The molecule has 0 heterocycles. The van der Waals surface area contributed by atoms with Crippen LogP contribution in [-0.4, -0.2) is 17.6 Å². The van der Waals surface area contributed by atoms with Crippen LogP contribution in [0.1, 0.15) is 35.6 Å². The van der Waals surface area contributed by atoms with E-state index in [9.17, 15) is 23.1 Å². The van der Waals surface area contributed by atoms with E-state index in [1.165, 1.54) is 12.1 Å². The Hall–Kier alpha value is -2.34. The molecule has 0 saturated heterocycles. The number of hydrogen-bond donors (Lipinski definition) is 2. The maximum atomic E-state index is 12.8. The van der Waals surface area contributed by atoms with E-state index in [1.807, 2.05) is 30.3 Å². The lowest BCUT2D eigenvalue weighted by molar-refractivity contribution is -0.137. The molecule has 1 aliphatic carbocycles. The minimum absolute atomic E-state index is 0.114. The molecule has 2 N–H and O–H groups in total. The summed E-state index contributed by atoms with van der Waals surface area (Å²) in [6.45, 7) is -0.114. The molecule has 3 nitrogen and oxygen atoms in total. The summed E-state index contributed by atoms with van der Waals surface area (Å²) in [7, 11) is 0. The second-order valence-electron chi connectivity index (χ2n) is 6.79. The minimum Gasteiger partial charge on any atom is -0.387 e. The van der Waals surface area contributed by atoms with Crippen LogP contribution in [0.25, 0.3) is 0 Å². The van der Waals surface area contributed by atoms with Crippen molar-refractivity contribution in [3.8, 4) is 0 Å². The van der Waals surface area contributed by atoms with E-state index in [0.717, 1.165) is 30.5 Å². The van der Waals surface area contributed by atoms with Gasteiger partial charge < -0.3 is 10.4 Å². The molecule has 0 bridgehead atoms. The van der Waals surface area contributed by atoms with Gasteiger partial charge in [0.2, 0.25) is 5.91 Å². The van der Waals surface area contributed by atoms with Crippen LogP contribution in [0.4, 0.5) is 13.2 Å². The van der Waals surface area contributed by atoms with Gasteiger partial charge in [-0.1, -0.05) is 42.5 Å². The molecule has 1 unspecified atom stereocenters. The largest absolute Gasteiger partial charge is 0.416 e. The van der Waals surface area contributed by atoms with Crippen molar-refractivity contribution >= 4 is 5.91 Å². The maximum absolute atomic E-state index is 12.8. The molecule has 0 spiro atoms. The third kappa shape index (κ3) is 4.25. The number of amides is 1. The molecule has 0 aliphatic heterocycles. The Morgan fingerprint density at radius 3 is 2.42 bits per heavy atom. The van der Waals surface area contributed by atoms with Crippen LogP contribution in [0.3, 0.4) is 0 Å². The number of halogens is 3. The molecule has 3 rings (SSSR count). The number of alkyl halides is 3. The van der Waals surface area contributed by atoms with Crippen molar-refractivity contribution in [1.29, 1.82) is 0 Å². The van der Waals surface area contributed by atoms with Crippen molar-refractivity contribution in [2.24, 2.45) is 5.41 Å². The van der Waals surface area contributed by atoms with Gasteiger partial charge in [-0.05, 0) is 42.5 Å². The summed E-state index contributed by atoms with van der Waals surface area (Å²) >= 11 is 0. The molecule has 0 aromatic heterocycles. The predicted octanol–water partition coefficient (Wildman–Crippen LogP) is 3.88. The third-order valence-electron chi connectivity index (χ3n) is 4.78. The SMILES string of the molecule is O=C(NCC(O)c1cccc(C(F)(F)F)c1)C1(Cc2ccccc2)CC1. The number of carbonyl (C=O) groups is 1.